The second-order valence-electron chi connectivity index (χ2n) is 4.76. The zero-order valence-corrected chi connectivity index (χ0v) is 10.5. The van der Waals surface area contributed by atoms with E-state index < -0.39 is 0 Å². The van der Waals surface area contributed by atoms with Crippen LogP contribution in [0.1, 0.15) is 24.0 Å². The standard InChI is InChI=1S/C14H15N3O/c1-9-7-11-13(15-8-16-14(11)18)17(2)12-6-4-3-5-10(9)12/h3-6,8-9H,7H2,1-2H3,(H,15,16,18). The van der Waals surface area contributed by atoms with Gasteiger partial charge in [0, 0.05) is 12.7 Å². The number of benzene rings is 1. The predicted octanol–water partition coefficient (Wildman–Crippen LogP) is 2.20. The SMILES string of the molecule is CC1Cc2c(nc[nH]c2=O)N(C)c2ccccc21. The monoisotopic (exact) mass is 241 g/mol. The van der Waals surface area contributed by atoms with Crippen molar-refractivity contribution in [3.63, 3.8) is 0 Å². The van der Waals surface area contributed by atoms with Crippen LogP contribution in [0.3, 0.4) is 0 Å². The van der Waals surface area contributed by atoms with Crippen LogP contribution in [0.15, 0.2) is 35.4 Å². The molecule has 0 amide bonds. The summed E-state index contributed by atoms with van der Waals surface area (Å²) in [6.07, 6.45) is 2.19. The van der Waals surface area contributed by atoms with E-state index in [9.17, 15) is 4.79 Å². The average Bonchev–Trinajstić information content (AvgIpc) is 2.49. The number of nitrogens with zero attached hydrogens (tertiary/aromatic N) is 2. The van der Waals surface area contributed by atoms with Crippen LogP contribution in [0, 0.1) is 0 Å². The number of hydrogen-bond donors (Lipinski definition) is 1. The number of rotatable bonds is 0. The molecule has 1 unspecified atom stereocenters. The van der Waals surface area contributed by atoms with Gasteiger partial charge in [-0.25, -0.2) is 4.98 Å². The number of aromatic amines is 1. The molecule has 18 heavy (non-hydrogen) atoms. The van der Waals surface area contributed by atoms with Crippen LogP contribution in [0.5, 0.6) is 0 Å². The average molecular weight is 241 g/mol. The maximum absolute atomic E-state index is 11.9. The third-order valence-corrected chi connectivity index (χ3v) is 3.58. The number of nitrogens with one attached hydrogen (secondary N) is 1. The molecule has 2 aromatic rings. The molecule has 2 heterocycles. The summed E-state index contributed by atoms with van der Waals surface area (Å²) in [7, 11) is 1.96. The maximum Gasteiger partial charge on any atom is 0.256 e. The molecule has 1 aliphatic heterocycles. The van der Waals surface area contributed by atoms with E-state index in [0.717, 1.165) is 23.5 Å². The van der Waals surface area contributed by atoms with Crippen molar-refractivity contribution in [1.29, 1.82) is 0 Å². The van der Waals surface area contributed by atoms with E-state index in [1.54, 1.807) is 0 Å². The second-order valence-corrected chi connectivity index (χ2v) is 4.76. The number of fused-ring (bicyclic) bond motifs is 2. The lowest BCUT2D eigenvalue weighted by molar-refractivity contribution is 0.758. The molecule has 0 bridgehead atoms. The zero-order chi connectivity index (χ0) is 12.7. The Morgan fingerprint density at radius 1 is 1.39 bits per heavy atom. The second kappa shape index (κ2) is 3.98. The molecule has 0 radical (unpaired) electrons. The number of hydrogen-bond acceptors (Lipinski definition) is 3. The summed E-state index contributed by atoms with van der Waals surface area (Å²) in [6.45, 7) is 2.15. The van der Waals surface area contributed by atoms with Gasteiger partial charge in [-0.1, -0.05) is 25.1 Å². The highest BCUT2D eigenvalue weighted by molar-refractivity contribution is 5.68. The lowest BCUT2D eigenvalue weighted by atomic mass is 9.95. The summed E-state index contributed by atoms with van der Waals surface area (Å²) in [6, 6.07) is 8.25. The zero-order valence-electron chi connectivity index (χ0n) is 10.5. The molecule has 1 N–H and O–H groups in total. The topological polar surface area (TPSA) is 49.0 Å². The fourth-order valence-electron chi connectivity index (χ4n) is 2.63. The first-order chi connectivity index (χ1) is 8.68. The number of aromatic nitrogens is 2. The van der Waals surface area contributed by atoms with Crippen LogP contribution < -0.4 is 10.5 Å². The maximum atomic E-state index is 11.9. The number of H-pyrrole nitrogens is 1. The summed E-state index contributed by atoms with van der Waals surface area (Å²) < 4.78 is 0. The van der Waals surface area contributed by atoms with E-state index in [-0.39, 0.29) is 5.56 Å². The van der Waals surface area contributed by atoms with Gasteiger partial charge in [-0.3, -0.25) is 4.79 Å². The molecule has 0 aliphatic carbocycles. The largest absolute Gasteiger partial charge is 0.329 e. The minimum atomic E-state index is -0.0356. The van der Waals surface area contributed by atoms with Crippen LogP contribution in [-0.2, 0) is 6.42 Å². The van der Waals surface area contributed by atoms with Crippen LogP contribution in [0.2, 0.25) is 0 Å². The van der Waals surface area contributed by atoms with Crippen molar-refractivity contribution in [3.05, 3.63) is 52.1 Å². The molecule has 4 heteroatoms. The Hall–Kier alpha value is -2.10. The first kappa shape index (κ1) is 11.0. The minimum absolute atomic E-state index is 0.0356. The summed E-state index contributed by atoms with van der Waals surface area (Å²) in [4.78, 5) is 20.9. The highest BCUT2D eigenvalue weighted by Crippen LogP contribution is 2.37. The molecular weight excluding hydrogens is 226 g/mol. The van der Waals surface area contributed by atoms with Gasteiger partial charge in [0.1, 0.15) is 5.82 Å². The molecule has 1 atom stereocenters. The van der Waals surface area contributed by atoms with Crippen molar-refractivity contribution in [2.75, 3.05) is 11.9 Å². The van der Waals surface area contributed by atoms with Gasteiger partial charge in [0.2, 0.25) is 0 Å². The summed E-state index contributed by atoms with van der Waals surface area (Å²) in [5, 5.41) is 0. The van der Waals surface area contributed by atoms with E-state index in [0.29, 0.717) is 5.92 Å². The van der Waals surface area contributed by atoms with Gasteiger partial charge in [-0.05, 0) is 24.0 Å². The van der Waals surface area contributed by atoms with Crippen molar-refractivity contribution in [3.8, 4) is 0 Å². The Bertz CT molecular complexity index is 647. The highest BCUT2D eigenvalue weighted by atomic mass is 16.1. The first-order valence-electron chi connectivity index (χ1n) is 6.07. The van der Waals surface area contributed by atoms with Gasteiger partial charge < -0.3 is 9.88 Å². The first-order valence-corrected chi connectivity index (χ1v) is 6.07. The molecule has 4 nitrogen and oxygen atoms in total. The van der Waals surface area contributed by atoms with Gasteiger partial charge in [-0.15, -0.1) is 0 Å². The fourth-order valence-corrected chi connectivity index (χ4v) is 2.63. The Labute approximate surface area is 105 Å². The summed E-state index contributed by atoms with van der Waals surface area (Å²) >= 11 is 0. The van der Waals surface area contributed by atoms with E-state index in [1.807, 2.05) is 24.1 Å². The molecule has 1 aromatic carbocycles. The smallest absolute Gasteiger partial charge is 0.256 e. The lowest BCUT2D eigenvalue weighted by Gasteiger charge is -2.20. The van der Waals surface area contributed by atoms with Crippen LogP contribution in [0.4, 0.5) is 11.5 Å². The fraction of sp³-hybridized carbons (Fsp3) is 0.286. The predicted molar refractivity (Wildman–Crippen MR) is 71.5 cm³/mol. The summed E-state index contributed by atoms with van der Waals surface area (Å²) in [5.41, 5.74) is 3.12. The van der Waals surface area contributed by atoms with Gasteiger partial charge in [-0.2, -0.15) is 0 Å². The Kier molecular flexibility index (Phi) is 2.44. The van der Waals surface area contributed by atoms with Crippen LogP contribution in [0.25, 0.3) is 0 Å². The number of para-hydroxylation sites is 1. The third kappa shape index (κ3) is 1.53. The van der Waals surface area contributed by atoms with Crippen molar-refractivity contribution in [2.24, 2.45) is 0 Å². The van der Waals surface area contributed by atoms with Gasteiger partial charge in [0.05, 0.1) is 11.9 Å². The van der Waals surface area contributed by atoms with E-state index in [4.69, 9.17) is 0 Å². The van der Waals surface area contributed by atoms with E-state index in [1.165, 1.54) is 11.9 Å². The molecule has 0 saturated heterocycles. The Morgan fingerprint density at radius 3 is 3.00 bits per heavy atom. The molecule has 0 saturated carbocycles. The lowest BCUT2D eigenvalue weighted by Crippen LogP contribution is -2.20. The van der Waals surface area contributed by atoms with Gasteiger partial charge >= 0.3 is 0 Å². The molecule has 92 valence electrons. The molecule has 0 fully saturated rings. The van der Waals surface area contributed by atoms with Gasteiger partial charge in [0.15, 0.2) is 0 Å². The molecule has 1 aliphatic rings. The molecule has 1 aromatic heterocycles. The number of anilines is 2. The van der Waals surface area contributed by atoms with E-state index in [2.05, 4.69) is 29.0 Å². The Morgan fingerprint density at radius 2 is 2.17 bits per heavy atom. The van der Waals surface area contributed by atoms with Gasteiger partial charge in [0.25, 0.3) is 5.56 Å². The van der Waals surface area contributed by atoms with Crippen molar-refractivity contribution >= 4 is 11.5 Å². The third-order valence-electron chi connectivity index (χ3n) is 3.58. The summed E-state index contributed by atoms with van der Waals surface area (Å²) in [5.74, 6) is 1.07. The quantitative estimate of drug-likeness (QED) is 0.769. The molecule has 0 spiro atoms. The van der Waals surface area contributed by atoms with Crippen LogP contribution in [-0.4, -0.2) is 17.0 Å². The van der Waals surface area contributed by atoms with Crippen molar-refractivity contribution in [2.45, 2.75) is 19.3 Å². The van der Waals surface area contributed by atoms with Crippen molar-refractivity contribution in [1.82, 2.24) is 9.97 Å². The highest BCUT2D eigenvalue weighted by Gasteiger charge is 2.24. The Balaban J connectivity index is 2.28. The normalized spacial score (nSPS) is 17.9. The van der Waals surface area contributed by atoms with Crippen molar-refractivity contribution < 1.29 is 0 Å². The van der Waals surface area contributed by atoms with E-state index >= 15 is 0 Å². The molecular formula is C14H15N3O. The minimum Gasteiger partial charge on any atom is -0.329 e. The van der Waals surface area contributed by atoms with Crippen LogP contribution >= 0.6 is 0 Å². The molecule has 3 rings (SSSR count).